The van der Waals surface area contributed by atoms with Crippen LogP contribution in [-0.4, -0.2) is 43.0 Å². The molecule has 3 heteroatoms. The van der Waals surface area contributed by atoms with Gasteiger partial charge in [0.15, 0.2) is 0 Å². The van der Waals surface area contributed by atoms with E-state index in [1.807, 2.05) is 0 Å². The number of likely N-dealkylation sites (N-methyl/N-ethyl adjacent to an activating group) is 1. The summed E-state index contributed by atoms with van der Waals surface area (Å²) in [5, 5.41) is 3.63. The minimum Gasteiger partial charge on any atom is -0.312 e. The third-order valence-corrected chi connectivity index (χ3v) is 3.37. The van der Waals surface area contributed by atoms with Crippen LogP contribution in [0.25, 0.3) is 0 Å². The van der Waals surface area contributed by atoms with Crippen molar-refractivity contribution < 1.29 is 0 Å². The third-order valence-electron chi connectivity index (χ3n) is 3.16. The second-order valence-electron chi connectivity index (χ2n) is 5.38. The van der Waals surface area contributed by atoms with Crippen LogP contribution in [0.15, 0.2) is 0 Å². The molecule has 0 heterocycles. The van der Waals surface area contributed by atoms with Crippen molar-refractivity contribution in [2.24, 2.45) is 5.41 Å². The molecule has 0 aliphatic heterocycles. The van der Waals surface area contributed by atoms with Crippen molar-refractivity contribution in [2.75, 3.05) is 32.1 Å². The Morgan fingerprint density at radius 3 is 2.12 bits per heavy atom. The van der Waals surface area contributed by atoms with Crippen molar-refractivity contribution in [3.63, 3.8) is 0 Å². The average molecular weight is 249 g/mol. The first-order valence-electron chi connectivity index (χ1n) is 6.47. The zero-order valence-electron chi connectivity index (χ0n) is 11.6. The van der Waals surface area contributed by atoms with Crippen molar-refractivity contribution in [3.8, 4) is 0 Å². The molecule has 0 rings (SSSR count). The fourth-order valence-electron chi connectivity index (χ4n) is 1.89. The molecule has 98 valence electrons. The zero-order chi connectivity index (χ0) is 12.6. The van der Waals surface area contributed by atoms with Crippen molar-refractivity contribution in [1.82, 2.24) is 10.2 Å². The highest BCUT2D eigenvalue weighted by Crippen LogP contribution is 2.21. The minimum absolute atomic E-state index is 0.290. The molecular formula is C13H29ClN2. The average Bonchev–Trinajstić information content (AvgIpc) is 2.21. The lowest BCUT2D eigenvalue weighted by Gasteiger charge is -2.32. The van der Waals surface area contributed by atoms with Crippen molar-refractivity contribution >= 4 is 11.6 Å². The van der Waals surface area contributed by atoms with Crippen molar-refractivity contribution in [2.45, 2.75) is 47.1 Å². The summed E-state index contributed by atoms with van der Waals surface area (Å²) >= 11 is 5.85. The fraction of sp³-hybridized carbons (Fsp3) is 1.00. The first-order valence-corrected chi connectivity index (χ1v) is 7.00. The van der Waals surface area contributed by atoms with E-state index in [4.69, 9.17) is 11.6 Å². The van der Waals surface area contributed by atoms with E-state index in [0.717, 1.165) is 38.5 Å². The van der Waals surface area contributed by atoms with Gasteiger partial charge in [0.1, 0.15) is 0 Å². The molecule has 0 saturated heterocycles. The van der Waals surface area contributed by atoms with Crippen molar-refractivity contribution in [1.29, 1.82) is 0 Å². The van der Waals surface area contributed by atoms with Gasteiger partial charge in [-0.25, -0.2) is 0 Å². The maximum absolute atomic E-state index is 5.85. The normalized spacial score (nSPS) is 14.4. The highest BCUT2D eigenvalue weighted by molar-refractivity contribution is 6.17. The first-order chi connectivity index (χ1) is 7.45. The van der Waals surface area contributed by atoms with E-state index in [9.17, 15) is 0 Å². The second kappa shape index (κ2) is 8.32. The summed E-state index contributed by atoms with van der Waals surface area (Å²) in [4.78, 5) is 2.44. The number of hydrogen-bond donors (Lipinski definition) is 1. The summed E-state index contributed by atoms with van der Waals surface area (Å²) in [5.74, 6) is 0.736. The largest absolute Gasteiger partial charge is 0.312 e. The molecule has 0 fully saturated rings. The summed E-state index contributed by atoms with van der Waals surface area (Å²) < 4.78 is 0. The van der Waals surface area contributed by atoms with E-state index in [2.05, 4.69) is 44.8 Å². The summed E-state index contributed by atoms with van der Waals surface area (Å²) in [6, 6.07) is 0.514. The molecule has 0 saturated carbocycles. The summed E-state index contributed by atoms with van der Waals surface area (Å²) in [7, 11) is 0. The monoisotopic (exact) mass is 248 g/mol. The Morgan fingerprint density at radius 2 is 1.75 bits per heavy atom. The summed E-state index contributed by atoms with van der Waals surface area (Å²) in [5.41, 5.74) is 0.290. The molecule has 0 spiro atoms. The van der Waals surface area contributed by atoms with Gasteiger partial charge in [-0.2, -0.15) is 0 Å². The molecule has 2 nitrogen and oxygen atoms in total. The maximum Gasteiger partial charge on any atom is 0.0238 e. The molecule has 0 aliphatic carbocycles. The third kappa shape index (κ3) is 6.72. The standard InChI is InChI=1S/C13H29ClN2/c1-6-16(7-2)11-10-15-12(8-9-14)13(3,4)5/h12,15H,6-11H2,1-5H3. The minimum atomic E-state index is 0.290. The van der Waals surface area contributed by atoms with Crippen LogP contribution < -0.4 is 5.32 Å². The van der Waals surface area contributed by atoms with Crippen LogP contribution >= 0.6 is 11.6 Å². The van der Waals surface area contributed by atoms with Gasteiger partial charge < -0.3 is 10.2 Å². The molecule has 0 aromatic carbocycles. The summed E-state index contributed by atoms with van der Waals surface area (Å²) in [6.07, 6.45) is 1.04. The predicted molar refractivity (Wildman–Crippen MR) is 74.4 cm³/mol. The molecule has 0 amide bonds. The molecule has 0 aromatic rings. The van der Waals surface area contributed by atoms with Gasteiger partial charge in [0, 0.05) is 25.0 Å². The fourth-order valence-corrected chi connectivity index (χ4v) is 2.11. The Balaban J connectivity index is 3.93. The Kier molecular flexibility index (Phi) is 8.43. The van der Waals surface area contributed by atoms with Gasteiger partial charge in [-0.3, -0.25) is 0 Å². The molecule has 1 atom stereocenters. The number of nitrogens with zero attached hydrogens (tertiary/aromatic N) is 1. The van der Waals surface area contributed by atoms with E-state index in [0.29, 0.717) is 6.04 Å². The van der Waals surface area contributed by atoms with Crippen LogP contribution in [-0.2, 0) is 0 Å². The van der Waals surface area contributed by atoms with Crippen LogP contribution in [0.2, 0.25) is 0 Å². The Labute approximate surface area is 107 Å². The van der Waals surface area contributed by atoms with Crippen LogP contribution in [0.1, 0.15) is 41.0 Å². The van der Waals surface area contributed by atoms with Crippen molar-refractivity contribution in [3.05, 3.63) is 0 Å². The second-order valence-corrected chi connectivity index (χ2v) is 5.76. The Bertz CT molecular complexity index is 162. The topological polar surface area (TPSA) is 15.3 Å². The smallest absolute Gasteiger partial charge is 0.0238 e. The first kappa shape index (κ1) is 16.2. The molecule has 1 N–H and O–H groups in total. The number of alkyl halides is 1. The van der Waals surface area contributed by atoms with Crippen LogP contribution in [0.3, 0.4) is 0 Å². The lowest BCUT2D eigenvalue weighted by molar-refractivity contribution is 0.239. The van der Waals surface area contributed by atoms with Gasteiger partial charge in [0.05, 0.1) is 0 Å². The Morgan fingerprint density at radius 1 is 1.19 bits per heavy atom. The molecule has 16 heavy (non-hydrogen) atoms. The lowest BCUT2D eigenvalue weighted by atomic mass is 9.85. The highest BCUT2D eigenvalue weighted by Gasteiger charge is 2.23. The zero-order valence-corrected chi connectivity index (χ0v) is 12.4. The summed E-state index contributed by atoms with van der Waals surface area (Å²) in [6.45, 7) is 15.7. The van der Waals surface area contributed by atoms with E-state index in [-0.39, 0.29) is 5.41 Å². The SMILES string of the molecule is CCN(CC)CCNC(CCCl)C(C)(C)C. The van der Waals surface area contributed by atoms with Crippen LogP contribution in [0.4, 0.5) is 0 Å². The van der Waals surface area contributed by atoms with Gasteiger partial charge in [0.2, 0.25) is 0 Å². The quantitative estimate of drug-likeness (QED) is 0.665. The molecule has 0 aromatic heterocycles. The molecular weight excluding hydrogens is 220 g/mol. The maximum atomic E-state index is 5.85. The van der Waals surface area contributed by atoms with Gasteiger partial charge >= 0.3 is 0 Å². The van der Waals surface area contributed by atoms with Crippen LogP contribution in [0.5, 0.6) is 0 Å². The predicted octanol–water partition coefficient (Wildman–Crippen LogP) is 2.96. The van der Waals surface area contributed by atoms with Gasteiger partial charge in [-0.1, -0.05) is 34.6 Å². The number of hydrogen-bond acceptors (Lipinski definition) is 2. The molecule has 1 unspecified atom stereocenters. The number of nitrogens with one attached hydrogen (secondary N) is 1. The van der Waals surface area contributed by atoms with Gasteiger partial charge in [0.25, 0.3) is 0 Å². The van der Waals surface area contributed by atoms with E-state index in [1.165, 1.54) is 0 Å². The highest BCUT2D eigenvalue weighted by atomic mass is 35.5. The van der Waals surface area contributed by atoms with Crippen LogP contribution in [0, 0.1) is 5.41 Å². The molecule has 0 radical (unpaired) electrons. The van der Waals surface area contributed by atoms with E-state index < -0.39 is 0 Å². The molecule has 0 aliphatic rings. The number of halogens is 1. The van der Waals surface area contributed by atoms with Gasteiger partial charge in [-0.15, -0.1) is 11.6 Å². The lowest BCUT2D eigenvalue weighted by Crippen LogP contribution is -2.44. The number of rotatable bonds is 8. The van der Waals surface area contributed by atoms with Gasteiger partial charge in [-0.05, 0) is 24.9 Å². The van der Waals surface area contributed by atoms with E-state index >= 15 is 0 Å². The molecule has 0 bridgehead atoms. The Hall–Kier alpha value is 0.210. The van der Waals surface area contributed by atoms with E-state index in [1.54, 1.807) is 0 Å².